The van der Waals surface area contributed by atoms with Crippen LogP contribution in [0.4, 0.5) is 0 Å². The second kappa shape index (κ2) is 9.00. The van der Waals surface area contributed by atoms with Crippen molar-refractivity contribution in [3.63, 3.8) is 0 Å². The Bertz CT molecular complexity index is 536. The maximum atomic E-state index is 5.95. The van der Waals surface area contributed by atoms with Gasteiger partial charge in [0.15, 0.2) is 0 Å². The molecule has 1 nitrogen and oxygen atoms in total. The zero-order valence-corrected chi connectivity index (χ0v) is 17.5. The molecule has 0 fully saturated rings. The van der Waals surface area contributed by atoms with Crippen LogP contribution in [0.5, 0.6) is 0 Å². The van der Waals surface area contributed by atoms with E-state index in [1.165, 1.54) is 62.8 Å². The fraction of sp³-hybridized carbons (Fsp3) is 0.600. The van der Waals surface area contributed by atoms with Gasteiger partial charge in [-0.25, -0.2) is 0 Å². The first-order chi connectivity index (χ1) is 10.8. The monoisotopic (exact) mass is 408 g/mol. The van der Waals surface area contributed by atoms with Crippen LogP contribution in [-0.4, -0.2) is 18.4 Å². The molecule has 2 rings (SSSR count). The van der Waals surface area contributed by atoms with Gasteiger partial charge in [-0.3, -0.25) is 0 Å². The van der Waals surface area contributed by atoms with Gasteiger partial charge in [-0.2, -0.15) is 0 Å². The average molecular weight is 407 g/mol. The summed E-state index contributed by atoms with van der Waals surface area (Å²) in [5.41, 5.74) is 1.22. The van der Waals surface area contributed by atoms with Gasteiger partial charge in [-0.1, -0.05) is 0 Å². The zero-order valence-electron chi connectivity index (χ0n) is 14.7. The van der Waals surface area contributed by atoms with E-state index >= 15 is 0 Å². The van der Waals surface area contributed by atoms with Gasteiger partial charge in [-0.15, -0.1) is 0 Å². The van der Waals surface area contributed by atoms with E-state index in [9.17, 15) is 0 Å². The van der Waals surface area contributed by atoms with Crippen LogP contribution in [0.1, 0.15) is 59.3 Å². The summed E-state index contributed by atoms with van der Waals surface area (Å²) in [4.78, 5) is 0. The van der Waals surface area contributed by atoms with Gasteiger partial charge >= 0.3 is 140 Å². The number of benzene rings is 1. The molecule has 1 aromatic carbocycles. The molecular weight excluding hydrogens is 375 g/mol. The van der Waals surface area contributed by atoms with E-state index in [-0.39, 0.29) is 0 Å². The summed E-state index contributed by atoms with van der Waals surface area (Å²) >= 11 is -2.36. The molecule has 0 aliphatic rings. The van der Waals surface area contributed by atoms with E-state index in [0.717, 1.165) is 0 Å². The summed E-state index contributed by atoms with van der Waals surface area (Å²) in [5.74, 6) is 0. The summed E-state index contributed by atoms with van der Waals surface area (Å²) in [6.45, 7) is 7.01. The molecule has 122 valence electrons. The Morgan fingerprint density at radius 2 is 1.41 bits per heavy atom. The molecule has 0 aliphatic carbocycles. The molecule has 0 unspecified atom stereocenters. The van der Waals surface area contributed by atoms with E-state index in [0.29, 0.717) is 0 Å². The molecule has 22 heavy (non-hydrogen) atoms. The van der Waals surface area contributed by atoms with Crippen molar-refractivity contribution in [3.05, 3.63) is 30.5 Å². The van der Waals surface area contributed by atoms with Gasteiger partial charge in [0.2, 0.25) is 0 Å². The predicted octanol–water partition coefficient (Wildman–Crippen LogP) is 6.49. The van der Waals surface area contributed by atoms with Crippen LogP contribution < -0.4 is 3.58 Å². The second-order valence-corrected chi connectivity index (χ2v) is 19.9. The summed E-state index contributed by atoms with van der Waals surface area (Å²) in [6.07, 6.45) is 10.1. The topological polar surface area (TPSA) is 13.1 Å². The average Bonchev–Trinajstić information content (AvgIpc) is 3.03. The molecule has 2 aromatic rings. The van der Waals surface area contributed by atoms with Crippen LogP contribution in [0, 0.1) is 0 Å². The van der Waals surface area contributed by atoms with E-state index in [2.05, 4.69) is 45.0 Å². The van der Waals surface area contributed by atoms with E-state index in [1.54, 1.807) is 3.58 Å². The third-order valence-corrected chi connectivity index (χ3v) is 20.7. The summed E-state index contributed by atoms with van der Waals surface area (Å²) in [5, 5.41) is 1.31. The Hall–Kier alpha value is -0.441. The summed E-state index contributed by atoms with van der Waals surface area (Å²) in [6, 6.07) is 9.03. The number of hydrogen-bond acceptors (Lipinski definition) is 1. The standard InChI is InChI=1S/C8H5O.3C4H9.Sn/c1-2-4-8-7(3-1)5-6-9-8;3*1-3-4-2;/h1-3,5-6H;3*1,3-4H2,2H3;. The molecule has 0 N–H and O–H groups in total. The molecule has 2 heteroatoms. The van der Waals surface area contributed by atoms with Crippen molar-refractivity contribution in [2.24, 2.45) is 0 Å². The van der Waals surface area contributed by atoms with Crippen molar-refractivity contribution in [1.82, 2.24) is 0 Å². The number of para-hydroxylation sites is 1. The van der Waals surface area contributed by atoms with E-state index < -0.39 is 18.4 Å². The van der Waals surface area contributed by atoms with Crippen LogP contribution >= 0.6 is 0 Å². The first kappa shape index (κ1) is 17.9. The van der Waals surface area contributed by atoms with Gasteiger partial charge < -0.3 is 0 Å². The number of furan rings is 1. The number of rotatable bonds is 10. The molecule has 1 aromatic heterocycles. The third-order valence-electron chi connectivity index (χ3n) is 5.08. The number of unbranched alkanes of at least 4 members (excludes halogenated alkanes) is 3. The molecule has 1 heterocycles. The maximum absolute atomic E-state index is 5.95. The van der Waals surface area contributed by atoms with Crippen LogP contribution in [0.2, 0.25) is 13.3 Å². The van der Waals surface area contributed by atoms with Crippen molar-refractivity contribution >= 4 is 32.9 Å². The molecule has 0 radical (unpaired) electrons. The van der Waals surface area contributed by atoms with Crippen LogP contribution in [-0.2, 0) is 0 Å². The minimum atomic E-state index is -2.36. The Balaban J connectivity index is 2.45. The van der Waals surface area contributed by atoms with Gasteiger partial charge in [0.05, 0.1) is 0 Å². The van der Waals surface area contributed by atoms with Crippen molar-refractivity contribution in [2.45, 2.75) is 72.6 Å². The molecular formula is C20H32OSn. The molecule has 0 saturated carbocycles. The summed E-state index contributed by atoms with van der Waals surface area (Å²) in [7, 11) is 0. The van der Waals surface area contributed by atoms with Crippen molar-refractivity contribution in [3.8, 4) is 0 Å². The van der Waals surface area contributed by atoms with Gasteiger partial charge in [0.1, 0.15) is 0 Å². The second-order valence-electron chi connectivity index (χ2n) is 6.74. The zero-order chi connectivity index (χ0) is 15.8. The SMILES string of the molecule is CCC[CH2][Sn]([CH2]CCC)([CH2]CCC)[c]1cccc2ccoc12. The fourth-order valence-electron chi connectivity index (χ4n) is 3.74. The Morgan fingerprint density at radius 3 is 1.95 bits per heavy atom. The van der Waals surface area contributed by atoms with Crippen LogP contribution in [0.3, 0.4) is 0 Å². The number of fused-ring (bicyclic) bond motifs is 1. The first-order valence-electron chi connectivity index (χ1n) is 9.24. The Morgan fingerprint density at radius 1 is 0.818 bits per heavy atom. The van der Waals surface area contributed by atoms with Crippen molar-refractivity contribution in [1.29, 1.82) is 0 Å². The van der Waals surface area contributed by atoms with Gasteiger partial charge in [0.25, 0.3) is 0 Å². The predicted molar refractivity (Wildman–Crippen MR) is 101 cm³/mol. The van der Waals surface area contributed by atoms with Crippen molar-refractivity contribution in [2.75, 3.05) is 0 Å². The normalized spacial score (nSPS) is 12.1. The first-order valence-corrected chi connectivity index (χ1v) is 16.7. The Labute approximate surface area is 140 Å². The van der Waals surface area contributed by atoms with Crippen LogP contribution in [0.25, 0.3) is 11.0 Å². The number of hydrogen-bond donors (Lipinski definition) is 0. The van der Waals surface area contributed by atoms with E-state index in [1.807, 2.05) is 6.26 Å². The van der Waals surface area contributed by atoms with Gasteiger partial charge in [0, 0.05) is 0 Å². The quantitative estimate of drug-likeness (QED) is 0.411. The Kier molecular flexibility index (Phi) is 7.33. The summed E-state index contributed by atoms with van der Waals surface area (Å²) < 4.78 is 12.1. The molecule has 0 amide bonds. The fourth-order valence-corrected chi connectivity index (χ4v) is 20.2. The van der Waals surface area contributed by atoms with E-state index in [4.69, 9.17) is 4.42 Å². The third kappa shape index (κ3) is 4.10. The molecule has 0 saturated heterocycles. The minimum absolute atomic E-state index is 1.22. The van der Waals surface area contributed by atoms with Crippen molar-refractivity contribution < 1.29 is 4.42 Å². The molecule has 0 aliphatic heterocycles. The van der Waals surface area contributed by atoms with Gasteiger partial charge in [-0.05, 0) is 0 Å². The van der Waals surface area contributed by atoms with Crippen LogP contribution in [0.15, 0.2) is 34.9 Å². The molecule has 0 spiro atoms. The molecule has 0 bridgehead atoms. The molecule has 0 atom stereocenters.